The third kappa shape index (κ3) is 4.40. The van der Waals surface area contributed by atoms with E-state index in [2.05, 4.69) is 33.1 Å². The molecule has 0 aliphatic rings. The fourth-order valence-corrected chi connectivity index (χ4v) is 1.80. The molecule has 0 aliphatic carbocycles. The summed E-state index contributed by atoms with van der Waals surface area (Å²) in [6.07, 6.45) is 0.960. The molecule has 5 N–H and O–H groups in total. The Labute approximate surface area is 118 Å². The maximum absolute atomic E-state index is 11.7. The van der Waals surface area contributed by atoms with E-state index in [9.17, 15) is 9.90 Å². The molecule has 0 aromatic heterocycles. The zero-order chi connectivity index (χ0) is 13.5. The number of hydrogen-bond acceptors (Lipinski definition) is 4. The van der Waals surface area contributed by atoms with E-state index in [0.29, 0.717) is 19.4 Å². The monoisotopic (exact) mass is 363 g/mol. The highest BCUT2D eigenvalue weighted by Gasteiger charge is 2.10. The molecule has 0 spiro atoms. The Balaban J connectivity index is 2.48. The summed E-state index contributed by atoms with van der Waals surface area (Å²) in [5.41, 5.74) is 5.53. The Kier molecular flexibility index (Phi) is 5.69. The van der Waals surface area contributed by atoms with Crippen molar-refractivity contribution in [2.45, 2.75) is 12.8 Å². The van der Waals surface area contributed by atoms with Crippen molar-refractivity contribution in [2.24, 2.45) is 10.9 Å². The zero-order valence-electron chi connectivity index (χ0n) is 9.56. The molecule has 0 fully saturated rings. The summed E-state index contributed by atoms with van der Waals surface area (Å²) in [6, 6.07) is 4.80. The van der Waals surface area contributed by atoms with E-state index in [-0.39, 0.29) is 23.1 Å². The average Bonchev–Trinajstić information content (AvgIpc) is 2.36. The quantitative estimate of drug-likeness (QED) is 0.158. The summed E-state index contributed by atoms with van der Waals surface area (Å²) in [7, 11) is 0. The minimum Gasteiger partial charge on any atom is -0.507 e. The highest BCUT2D eigenvalue weighted by Crippen LogP contribution is 2.19. The van der Waals surface area contributed by atoms with Crippen molar-refractivity contribution in [3.8, 4) is 5.75 Å². The summed E-state index contributed by atoms with van der Waals surface area (Å²) in [5, 5.41) is 23.4. The highest BCUT2D eigenvalue weighted by molar-refractivity contribution is 14.1. The molecular formula is C11H14IN3O3. The molecule has 0 unspecified atom stereocenters. The second-order valence-corrected chi connectivity index (χ2v) is 4.86. The molecule has 0 bridgehead atoms. The van der Waals surface area contributed by atoms with Crippen LogP contribution in [-0.2, 0) is 0 Å². The number of rotatable bonds is 5. The maximum atomic E-state index is 11.7. The molecule has 1 aromatic carbocycles. The number of halogens is 1. The molecule has 7 heteroatoms. The van der Waals surface area contributed by atoms with Crippen molar-refractivity contribution < 1.29 is 15.1 Å². The molecule has 0 heterocycles. The normalized spacial score (nSPS) is 11.3. The number of nitrogens with two attached hydrogens (primary N) is 1. The van der Waals surface area contributed by atoms with Crippen LogP contribution in [0.4, 0.5) is 0 Å². The summed E-state index contributed by atoms with van der Waals surface area (Å²) in [5.74, 6) is -0.267. The molecule has 1 aromatic rings. The number of phenolic OH excluding ortho intramolecular Hbond substituents is 1. The molecule has 98 valence electrons. The predicted octanol–water partition coefficient (Wildman–Crippen LogP) is 1.25. The minimum absolute atomic E-state index is 0.0515. The van der Waals surface area contributed by atoms with Crippen LogP contribution < -0.4 is 11.1 Å². The van der Waals surface area contributed by atoms with Gasteiger partial charge in [-0.1, -0.05) is 5.16 Å². The Morgan fingerprint density at radius 1 is 1.50 bits per heavy atom. The van der Waals surface area contributed by atoms with Crippen molar-refractivity contribution >= 4 is 34.3 Å². The molecule has 1 rings (SSSR count). The van der Waals surface area contributed by atoms with Crippen molar-refractivity contribution in [1.82, 2.24) is 5.32 Å². The van der Waals surface area contributed by atoms with Crippen LogP contribution in [0.5, 0.6) is 5.75 Å². The van der Waals surface area contributed by atoms with Gasteiger partial charge in [0, 0.05) is 16.5 Å². The minimum atomic E-state index is -0.342. The van der Waals surface area contributed by atoms with Gasteiger partial charge in [0.15, 0.2) is 0 Å². The first kappa shape index (κ1) is 14.6. The van der Waals surface area contributed by atoms with E-state index in [1.54, 1.807) is 12.1 Å². The predicted molar refractivity (Wildman–Crippen MR) is 75.8 cm³/mol. The van der Waals surface area contributed by atoms with E-state index in [1.165, 1.54) is 6.07 Å². The van der Waals surface area contributed by atoms with Gasteiger partial charge in [-0.15, -0.1) is 0 Å². The second kappa shape index (κ2) is 7.04. The molecule has 0 atom stereocenters. The summed E-state index contributed by atoms with van der Waals surface area (Å²) in [4.78, 5) is 11.7. The fourth-order valence-electron chi connectivity index (χ4n) is 1.31. The van der Waals surface area contributed by atoms with Gasteiger partial charge in [-0.3, -0.25) is 4.79 Å². The lowest BCUT2D eigenvalue weighted by molar-refractivity contribution is 0.0950. The Morgan fingerprint density at radius 2 is 2.22 bits per heavy atom. The Hall–Kier alpha value is -1.51. The SMILES string of the molecule is N/C(CCCNC(=O)c1cc(I)ccc1O)=N/O. The van der Waals surface area contributed by atoms with Crippen molar-refractivity contribution in [2.75, 3.05) is 6.54 Å². The van der Waals surface area contributed by atoms with Crippen LogP contribution in [-0.4, -0.2) is 28.6 Å². The van der Waals surface area contributed by atoms with Crippen LogP contribution in [0.25, 0.3) is 0 Å². The summed E-state index contributed by atoms with van der Waals surface area (Å²) in [6.45, 7) is 0.389. The smallest absolute Gasteiger partial charge is 0.255 e. The lowest BCUT2D eigenvalue weighted by atomic mass is 10.2. The highest BCUT2D eigenvalue weighted by atomic mass is 127. The number of amidine groups is 1. The van der Waals surface area contributed by atoms with Crippen LogP contribution in [0, 0.1) is 3.57 Å². The number of oxime groups is 1. The third-order valence-electron chi connectivity index (χ3n) is 2.23. The molecule has 18 heavy (non-hydrogen) atoms. The fraction of sp³-hybridized carbons (Fsp3) is 0.273. The van der Waals surface area contributed by atoms with Crippen LogP contribution in [0.1, 0.15) is 23.2 Å². The largest absolute Gasteiger partial charge is 0.507 e. The Morgan fingerprint density at radius 3 is 2.89 bits per heavy atom. The van der Waals surface area contributed by atoms with E-state index in [1.807, 2.05) is 0 Å². The average molecular weight is 363 g/mol. The second-order valence-electron chi connectivity index (χ2n) is 3.61. The maximum Gasteiger partial charge on any atom is 0.255 e. The molecule has 0 saturated heterocycles. The van der Waals surface area contributed by atoms with Crippen molar-refractivity contribution in [1.29, 1.82) is 0 Å². The number of hydrogen-bond donors (Lipinski definition) is 4. The summed E-state index contributed by atoms with van der Waals surface area (Å²) < 4.78 is 0.868. The third-order valence-corrected chi connectivity index (χ3v) is 2.90. The number of nitrogens with one attached hydrogen (secondary N) is 1. The van der Waals surface area contributed by atoms with E-state index < -0.39 is 0 Å². The van der Waals surface area contributed by atoms with Crippen LogP contribution in [0.15, 0.2) is 23.4 Å². The van der Waals surface area contributed by atoms with Crippen LogP contribution in [0.2, 0.25) is 0 Å². The van der Waals surface area contributed by atoms with Gasteiger partial charge in [0.1, 0.15) is 11.6 Å². The lowest BCUT2D eigenvalue weighted by Crippen LogP contribution is -2.25. The van der Waals surface area contributed by atoms with Gasteiger partial charge in [-0.2, -0.15) is 0 Å². The van der Waals surface area contributed by atoms with Gasteiger partial charge in [0.25, 0.3) is 5.91 Å². The van der Waals surface area contributed by atoms with E-state index in [4.69, 9.17) is 10.9 Å². The first-order valence-electron chi connectivity index (χ1n) is 5.27. The van der Waals surface area contributed by atoms with E-state index >= 15 is 0 Å². The van der Waals surface area contributed by atoms with Gasteiger partial charge in [-0.25, -0.2) is 0 Å². The van der Waals surface area contributed by atoms with Gasteiger partial charge in [0.05, 0.1) is 5.56 Å². The number of nitrogens with zero attached hydrogens (tertiary/aromatic N) is 1. The number of phenols is 1. The molecule has 0 saturated carbocycles. The number of benzene rings is 1. The standard InChI is InChI=1S/C11H14IN3O3/c12-7-3-4-9(16)8(6-7)11(17)14-5-1-2-10(13)15-18/h3-4,6,16,18H,1-2,5H2,(H2,13,15)(H,14,17). The molecule has 0 radical (unpaired) electrons. The number of aromatic hydroxyl groups is 1. The van der Waals surface area contributed by atoms with Gasteiger partial charge in [0.2, 0.25) is 0 Å². The zero-order valence-corrected chi connectivity index (χ0v) is 11.7. The van der Waals surface area contributed by atoms with Gasteiger partial charge < -0.3 is 21.4 Å². The first-order valence-corrected chi connectivity index (χ1v) is 6.35. The van der Waals surface area contributed by atoms with Gasteiger partial charge in [-0.05, 0) is 47.2 Å². The number of amides is 1. The molecular weight excluding hydrogens is 349 g/mol. The van der Waals surface area contributed by atoms with Crippen LogP contribution in [0.3, 0.4) is 0 Å². The Bertz CT molecular complexity index is 463. The lowest BCUT2D eigenvalue weighted by Gasteiger charge is -2.07. The summed E-state index contributed by atoms with van der Waals surface area (Å²) >= 11 is 2.06. The van der Waals surface area contributed by atoms with Crippen molar-refractivity contribution in [3.05, 3.63) is 27.3 Å². The topological polar surface area (TPSA) is 108 Å². The number of carbonyl (C=O) groups excluding carboxylic acids is 1. The van der Waals surface area contributed by atoms with Crippen molar-refractivity contribution in [3.63, 3.8) is 0 Å². The molecule has 0 aliphatic heterocycles. The number of carbonyl (C=O) groups is 1. The van der Waals surface area contributed by atoms with Crippen LogP contribution >= 0.6 is 22.6 Å². The van der Waals surface area contributed by atoms with E-state index in [0.717, 1.165) is 3.57 Å². The molecule has 1 amide bonds. The first-order chi connectivity index (χ1) is 8.54. The van der Waals surface area contributed by atoms with Gasteiger partial charge >= 0.3 is 0 Å². The molecule has 6 nitrogen and oxygen atoms in total.